The fraction of sp³-hybridized carbons (Fsp3) is 0.0606. The summed E-state index contributed by atoms with van der Waals surface area (Å²) in [5.74, 6) is -4.80. The number of nitrogens with one attached hydrogen (secondary N) is 3. The summed E-state index contributed by atoms with van der Waals surface area (Å²) in [6.45, 7) is -0.338. The van der Waals surface area contributed by atoms with E-state index in [0.717, 1.165) is 12.1 Å². The summed E-state index contributed by atoms with van der Waals surface area (Å²) in [5, 5.41) is 12.1. The number of pyridine rings is 1. The molecule has 3 heterocycles. The van der Waals surface area contributed by atoms with Gasteiger partial charge < -0.3 is 16.0 Å². The van der Waals surface area contributed by atoms with Crippen LogP contribution in [0.2, 0.25) is 0 Å². The van der Waals surface area contributed by atoms with Gasteiger partial charge in [-0.25, -0.2) is 23.3 Å². The second kappa shape index (κ2) is 12.7. The minimum atomic E-state index is -4.99. The molecule has 0 unspecified atom stereocenters. The second-order valence-corrected chi connectivity index (χ2v) is 10.2. The highest BCUT2D eigenvalue weighted by molar-refractivity contribution is 6.05. The van der Waals surface area contributed by atoms with Crippen molar-refractivity contribution in [3.8, 4) is 22.5 Å². The van der Waals surface area contributed by atoms with Crippen molar-refractivity contribution >= 4 is 34.7 Å². The lowest BCUT2D eigenvalue weighted by Crippen LogP contribution is -2.36. The first-order chi connectivity index (χ1) is 22.6. The molecule has 0 aliphatic heterocycles. The predicted molar refractivity (Wildman–Crippen MR) is 164 cm³/mol. The molecule has 0 spiro atoms. The summed E-state index contributed by atoms with van der Waals surface area (Å²) in [6.07, 6.45) is -1.72. The highest BCUT2D eigenvalue weighted by atomic mass is 19.4. The summed E-state index contributed by atoms with van der Waals surface area (Å²) in [4.78, 5) is 32.9. The molecule has 0 radical (unpaired) electrons. The smallest absolute Gasteiger partial charge is 0.344 e. The second-order valence-electron chi connectivity index (χ2n) is 10.2. The molecule has 0 aliphatic carbocycles. The van der Waals surface area contributed by atoms with Crippen LogP contribution in [0.4, 0.5) is 39.3 Å². The van der Waals surface area contributed by atoms with Crippen LogP contribution in [0.15, 0.2) is 103 Å². The number of hydrogen-bond donors (Lipinski definition) is 3. The van der Waals surface area contributed by atoms with E-state index < -0.39 is 35.2 Å². The predicted octanol–water partition coefficient (Wildman–Crippen LogP) is 6.91. The number of anilines is 3. The topological polar surface area (TPSA) is 113 Å². The molecule has 0 atom stereocenters. The molecule has 0 aliphatic rings. The number of nitrogens with zero attached hydrogens (tertiary/aromatic N) is 4. The molecule has 9 nitrogen and oxygen atoms in total. The minimum Gasteiger partial charge on any atom is -0.344 e. The van der Waals surface area contributed by atoms with Crippen LogP contribution in [0.1, 0.15) is 15.9 Å². The van der Waals surface area contributed by atoms with Crippen LogP contribution in [0.3, 0.4) is 0 Å². The molecular weight excluding hydrogens is 621 g/mol. The largest absolute Gasteiger partial charge is 0.471 e. The Morgan fingerprint density at radius 1 is 0.830 bits per heavy atom. The third kappa shape index (κ3) is 6.76. The Hall–Kier alpha value is -6.18. The van der Waals surface area contributed by atoms with E-state index in [1.165, 1.54) is 12.3 Å². The van der Waals surface area contributed by atoms with Gasteiger partial charge in [-0.15, -0.1) is 0 Å². The average molecular weight is 644 g/mol. The van der Waals surface area contributed by atoms with Crippen molar-refractivity contribution in [1.29, 1.82) is 0 Å². The summed E-state index contributed by atoms with van der Waals surface area (Å²) in [7, 11) is 0. The first-order valence-corrected chi connectivity index (χ1v) is 13.9. The number of hydrogen-bond acceptors (Lipinski definition) is 6. The minimum absolute atomic E-state index is 0.174. The van der Waals surface area contributed by atoms with E-state index in [9.17, 15) is 31.5 Å². The molecule has 14 heteroatoms. The highest BCUT2D eigenvalue weighted by Crippen LogP contribution is 2.35. The van der Waals surface area contributed by atoms with Crippen LogP contribution in [-0.4, -0.2) is 37.6 Å². The molecule has 3 N–H and O–H groups in total. The molecule has 3 aromatic heterocycles. The Morgan fingerprint density at radius 3 is 2.36 bits per heavy atom. The Kier molecular flexibility index (Phi) is 8.31. The number of alkyl halides is 3. The van der Waals surface area contributed by atoms with Crippen molar-refractivity contribution in [2.24, 2.45) is 0 Å². The number of halogens is 5. The van der Waals surface area contributed by atoms with E-state index >= 15 is 0 Å². The van der Waals surface area contributed by atoms with Crippen molar-refractivity contribution < 1.29 is 31.5 Å². The zero-order chi connectivity index (χ0) is 33.1. The molecule has 0 saturated carbocycles. The number of aromatic nitrogens is 4. The number of amides is 2. The highest BCUT2D eigenvalue weighted by Gasteiger charge is 2.38. The molecular formula is C33H22F5N7O2. The molecule has 3 aromatic carbocycles. The van der Waals surface area contributed by atoms with Gasteiger partial charge >= 0.3 is 12.1 Å². The van der Waals surface area contributed by atoms with E-state index in [1.54, 1.807) is 71.4 Å². The van der Waals surface area contributed by atoms with Gasteiger partial charge in [-0.2, -0.15) is 18.3 Å². The van der Waals surface area contributed by atoms with Crippen molar-refractivity contribution in [3.63, 3.8) is 0 Å². The normalized spacial score (nSPS) is 11.3. The first-order valence-electron chi connectivity index (χ1n) is 13.9. The monoisotopic (exact) mass is 643 g/mol. The van der Waals surface area contributed by atoms with Crippen LogP contribution in [0.25, 0.3) is 28.0 Å². The van der Waals surface area contributed by atoms with E-state index in [4.69, 9.17) is 5.10 Å². The average Bonchev–Trinajstić information content (AvgIpc) is 3.43. The van der Waals surface area contributed by atoms with Crippen molar-refractivity contribution in [2.45, 2.75) is 12.7 Å². The van der Waals surface area contributed by atoms with Gasteiger partial charge in [0.05, 0.1) is 16.8 Å². The van der Waals surface area contributed by atoms with Crippen LogP contribution in [-0.2, 0) is 11.3 Å². The maximum atomic E-state index is 14.2. The Balaban J connectivity index is 1.30. The maximum Gasteiger partial charge on any atom is 0.471 e. The first kappa shape index (κ1) is 30.8. The molecule has 6 rings (SSSR count). The number of fused-ring (bicyclic) bond motifs is 1. The molecule has 0 bridgehead atoms. The van der Waals surface area contributed by atoms with E-state index in [1.807, 2.05) is 17.4 Å². The lowest BCUT2D eigenvalue weighted by molar-refractivity contribution is -0.173. The van der Waals surface area contributed by atoms with Crippen LogP contribution in [0, 0.1) is 11.6 Å². The van der Waals surface area contributed by atoms with E-state index in [0.29, 0.717) is 39.3 Å². The Labute approximate surface area is 263 Å². The van der Waals surface area contributed by atoms with Gasteiger partial charge in [0.1, 0.15) is 22.9 Å². The number of benzene rings is 3. The van der Waals surface area contributed by atoms with Crippen LogP contribution in [0.5, 0.6) is 0 Å². The third-order valence-corrected chi connectivity index (χ3v) is 6.93. The molecule has 2 amide bonds. The fourth-order valence-corrected chi connectivity index (χ4v) is 4.83. The summed E-state index contributed by atoms with van der Waals surface area (Å²) in [6, 6.07) is 23.3. The van der Waals surface area contributed by atoms with Crippen LogP contribution < -0.4 is 16.0 Å². The lowest BCUT2D eigenvalue weighted by atomic mass is 10.0. The summed E-state index contributed by atoms with van der Waals surface area (Å²) >= 11 is 0. The fourth-order valence-electron chi connectivity index (χ4n) is 4.83. The van der Waals surface area contributed by atoms with Gasteiger partial charge in [0.25, 0.3) is 5.91 Å². The van der Waals surface area contributed by atoms with E-state index in [-0.39, 0.29) is 18.2 Å². The molecule has 0 saturated heterocycles. The summed E-state index contributed by atoms with van der Waals surface area (Å²) < 4.78 is 67.8. The van der Waals surface area contributed by atoms with Gasteiger partial charge in [-0.3, -0.25) is 9.59 Å². The Bertz CT molecular complexity index is 2110. The maximum absolute atomic E-state index is 14.2. The molecule has 236 valence electrons. The van der Waals surface area contributed by atoms with E-state index in [2.05, 4.69) is 20.6 Å². The molecule has 6 aromatic rings. The number of carbonyl (C=O) groups is 2. The van der Waals surface area contributed by atoms with Crippen molar-refractivity contribution in [1.82, 2.24) is 24.9 Å². The lowest BCUT2D eigenvalue weighted by Gasteiger charge is -2.11. The Morgan fingerprint density at radius 2 is 1.57 bits per heavy atom. The summed E-state index contributed by atoms with van der Waals surface area (Å²) in [5.41, 5.74) is 3.28. The SMILES string of the molecule is O=C(Nc1cccc(-c2nn3ccccc3c2-c2ccnc(Nc3cccc(CNC(=O)C(F)(F)F)c3)n2)c1)c1c(F)cccc1F. The molecule has 0 fully saturated rings. The zero-order valence-corrected chi connectivity index (χ0v) is 24.0. The van der Waals surface area contributed by atoms with Gasteiger partial charge in [0, 0.05) is 35.9 Å². The van der Waals surface area contributed by atoms with Gasteiger partial charge in [0.2, 0.25) is 5.95 Å². The van der Waals surface area contributed by atoms with Gasteiger partial charge in [0.15, 0.2) is 0 Å². The quantitative estimate of drug-likeness (QED) is 0.155. The van der Waals surface area contributed by atoms with Gasteiger partial charge in [-0.05, 0) is 60.2 Å². The molecule has 47 heavy (non-hydrogen) atoms. The van der Waals surface area contributed by atoms with Crippen LogP contribution >= 0.6 is 0 Å². The number of rotatable bonds is 8. The van der Waals surface area contributed by atoms with Crippen molar-refractivity contribution in [2.75, 3.05) is 10.6 Å². The zero-order valence-electron chi connectivity index (χ0n) is 24.0. The van der Waals surface area contributed by atoms with Gasteiger partial charge in [-0.1, -0.05) is 36.4 Å². The third-order valence-electron chi connectivity index (χ3n) is 6.93. The number of carbonyl (C=O) groups excluding carboxylic acids is 2. The standard InChI is InChI=1S/C33H22F5N7O2/c34-23-10-5-11-24(35)27(23)30(46)41-22-9-4-7-20(17-22)29-28(26-12-1-2-15-45(26)44-29)25-13-14-39-32(43-25)42-21-8-3-6-19(16-21)18-40-31(47)33(36,37)38/h1-17H,18H2,(H,40,47)(H,41,46)(H,39,42,43). The van der Waals surface area contributed by atoms with Crippen molar-refractivity contribution in [3.05, 3.63) is 126 Å².